The standard InChI is InChI=1S/C14H17N3O2S2/c1-16-7-8-17(12-5-3-2-4-11(12)16)21(18,19)14-6-9-20-13(14)10-15/h2-6,9H,7-8,10,15H2,1H3. The highest BCUT2D eigenvalue weighted by molar-refractivity contribution is 7.93. The Kier molecular flexibility index (Phi) is 3.64. The second-order valence-electron chi connectivity index (χ2n) is 4.90. The fourth-order valence-electron chi connectivity index (χ4n) is 2.56. The number of hydrogen-bond acceptors (Lipinski definition) is 5. The monoisotopic (exact) mass is 323 g/mol. The van der Waals surface area contributed by atoms with Crippen LogP contribution < -0.4 is 14.9 Å². The van der Waals surface area contributed by atoms with Gasteiger partial charge in [-0.2, -0.15) is 0 Å². The van der Waals surface area contributed by atoms with Crippen molar-refractivity contribution >= 4 is 32.7 Å². The molecule has 2 aromatic rings. The molecule has 0 spiro atoms. The average molecular weight is 323 g/mol. The number of para-hydroxylation sites is 2. The van der Waals surface area contributed by atoms with E-state index in [1.54, 1.807) is 11.4 Å². The summed E-state index contributed by atoms with van der Waals surface area (Å²) in [5.74, 6) is 0. The molecule has 0 aliphatic carbocycles. The van der Waals surface area contributed by atoms with E-state index in [0.717, 1.165) is 11.4 Å². The second-order valence-corrected chi connectivity index (χ2v) is 7.73. The zero-order valence-corrected chi connectivity index (χ0v) is 13.3. The predicted molar refractivity (Wildman–Crippen MR) is 86.5 cm³/mol. The molecule has 1 aliphatic rings. The van der Waals surface area contributed by atoms with Crippen LogP contribution in [0.2, 0.25) is 0 Å². The van der Waals surface area contributed by atoms with E-state index in [-0.39, 0.29) is 6.54 Å². The van der Waals surface area contributed by atoms with Crippen molar-refractivity contribution in [1.82, 2.24) is 0 Å². The third kappa shape index (κ3) is 2.31. The Morgan fingerprint density at radius 2 is 1.90 bits per heavy atom. The second kappa shape index (κ2) is 5.32. The number of fused-ring (bicyclic) bond motifs is 1. The highest BCUT2D eigenvalue weighted by Crippen LogP contribution is 2.36. The van der Waals surface area contributed by atoms with Crippen LogP contribution in [0.4, 0.5) is 11.4 Å². The minimum absolute atomic E-state index is 0.238. The maximum atomic E-state index is 13.0. The smallest absolute Gasteiger partial charge is 0.265 e. The van der Waals surface area contributed by atoms with Crippen molar-refractivity contribution < 1.29 is 8.42 Å². The molecular formula is C14H17N3O2S2. The van der Waals surface area contributed by atoms with Crippen molar-refractivity contribution in [1.29, 1.82) is 0 Å². The molecule has 2 N–H and O–H groups in total. The lowest BCUT2D eigenvalue weighted by atomic mass is 10.2. The predicted octanol–water partition coefficient (Wildman–Crippen LogP) is 1.85. The van der Waals surface area contributed by atoms with Gasteiger partial charge in [0, 0.05) is 25.0 Å². The van der Waals surface area contributed by atoms with Gasteiger partial charge < -0.3 is 10.6 Å². The summed E-state index contributed by atoms with van der Waals surface area (Å²) >= 11 is 1.38. The lowest BCUT2D eigenvalue weighted by Gasteiger charge is -2.36. The zero-order chi connectivity index (χ0) is 15.0. The van der Waals surface area contributed by atoms with Gasteiger partial charge in [-0.1, -0.05) is 12.1 Å². The number of anilines is 2. The normalized spacial score (nSPS) is 15.1. The molecule has 0 saturated carbocycles. The molecule has 1 aromatic heterocycles. The van der Waals surface area contributed by atoms with Gasteiger partial charge in [-0.3, -0.25) is 4.31 Å². The lowest BCUT2D eigenvalue weighted by Crippen LogP contribution is -2.42. The van der Waals surface area contributed by atoms with Gasteiger partial charge in [0.2, 0.25) is 0 Å². The molecular weight excluding hydrogens is 306 g/mol. The van der Waals surface area contributed by atoms with Crippen LogP contribution in [-0.4, -0.2) is 28.6 Å². The van der Waals surface area contributed by atoms with E-state index in [2.05, 4.69) is 4.90 Å². The fraction of sp³-hybridized carbons (Fsp3) is 0.286. The largest absolute Gasteiger partial charge is 0.371 e. The SMILES string of the molecule is CN1CCN(S(=O)(=O)c2ccsc2CN)c2ccccc21. The first-order valence-electron chi connectivity index (χ1n) is 6.65. The number of likely N-dealkylation sites (N-methyl/N-ethyl adjacent to an activating group) is 1. The Morgan fingerprint density at radius 1 is 1.19 bits per heavy atom. The van der Waals surface area contributed by atoms with Crippen LogP contribution in [0.5, 0.6) is 0 Å². The Morgan fingerprint density at radius 3 is 2.62 bits per heavy atom. The molecule has 21 heavy (non-hydrogen) atoms. The molecule has 1 aliphatic heterocycles. The fourth-order valence-corrected chi connectivity index (χ4v) is 5.33. The highest BCUT2D eigenvalue weighted by atomic mass is 32.2. The summed E-state index contributed by atoms with van der Waals surface area (Å²) in [6, 6.07) is 9.20. The summed E-state index contributed by atoms with van der Waals surface area (Å²) in [5, 5.41) is 1.77. The highest BCUT2D eigenvalue weighted by Gasteiger charge is 2.32. The minimum atomic E-state index is -3.56. The molecule has 7 heteroatoms. The van der Waals surface area contributed by atoms with Crippen LogP contribution in [-0.2, 0) is 16.6 Å². The van der Waals surface area contributed by atoms with Crippen molar-refractivity contribution in [3.63, 3.8) is 0 Å². The number of hydrogen-bond donors (Lipinski definition) is 1. The van der Waals surface area contributed by atoms with Crippen LogP contribution in [0.3, 0.4) is 0 Å². The topological polar surface area (TPSA) is 66.6 Å². The first-order chi connectivity index (χ1) is 10.1. The van der Waals surface area contributed by atoms with Crippen molar-refractivity contribution in [3.8, 4) is 0 Å². The van der Waals surface area contributed by atoms with E-state index in [4.69, 9.17) is 5.73 Å². The number of nitrogens with two attached hydrogens (primary N) is 1. The summed E-state index contributed by atoms with van der Waals surface area (Å²) < 4.78 is 27.4. The minimum Gasteiger partial charge on any atom is -0.371 e. The van der Waals surface area contributed by atoms with Gasteiger partial charge in [0.15, 0.2) is 0 Å². The molecule has 5 nitrogen and oxygen atoms in total. The van der Waals surface area contributed by atoms with Gasteiger partial charge in [-0.15, -0.1) is 11.3 Å². The molecule has 0 saturated heterocycles. The van der Waals surface area contributed by atoms with Crippen LogP contribution in [0.15, 0.2) is 40.6 Å². The molecule has 112 valence electrons. The maximum Gasteiger partial charge on any atom is 0.265 e. The molecule has 1 aromatic carbocycles. The van der Waals surface area contributed by atoms with Crippen molar-refractivity contribution in [2.24, 2.45) is 5.73 Å². The Bertz CT molecular complexity index is 755. The maximum absolute atomic E-state index is 13.0. The van der Waals surface area contributed by atoms with Gasteiger partial charge in [-0.05, 0) is 23.6 Å². The van der Waals surface area contributed by atoms with E-state index < -0.39 is 10.0 Å². The molecule has 0 unspecified atom stereocenters. The van der Waals surface area contributed by atoms with Crippen LogP contribution in [0.1, 0.15) is 4.88 Å². The average Bonchev–Trinajstić information content (AvgIpc) is 2.97. The number of benzene rings is 1. The molecule has 0 amide bonds. The van der Waals surface area contributed by atoms with E-state index in [0.29, 0.717) is 22.9 Å². The van der Waals surface area contributed by atoms with Gasteiger partial charge >= 0.3 is 0 Å². The van der Waals surface area contributed by atoms with Crippen LogP contribution in [0, 0.1) is 0 Å². The number of sulfonamides is 1. The molecule has 2 heterocycles. The summed E-state index contributed by atoms with van der Waals surface area (Å²) in [7, 11) is -1.59. The van der Waals surface area contributed by atoms with Gasteiger partial charge in [0.25, 0.3) is 10.0 Å². The summed E-state index contributed by atoms with van der Waals surface area (Å²) in [6.45, 7) is 1.34. The third-order valence-electron chi connectivity index (χ3n) is 3.66. The quantitative estimate of drug-likeness (QED) is 0.936. The van der Waals surface area contributed by atoms with Gasteiger partial charge in [-0.25, -0.2) is 8.42 Å². The Labute approximate surface area is 128 Å². The van der Waals surface area contributed by atoms with E-state index in [9.17, 15) is 8.42 Å². The number of nitrogens with zero attached hydrogens (tertiary/aromatic N) is 2. The lowest BCUT2D eigenvalue weighted by molar-refractivity contribution is 0.588. The molecule has 0 fully saturated rings. The van der Waals surface area contributed by atoms with Crippen molar-refractivity contribution in [2.75, 3.05) is 29.3 Å². The van der Waals surface area contributed by atoms with E-state index in [1.165, 1.54) is 15.6 Å². The van der Waals surface area contributed by atoms with Crippen LogP contribution >= 0.6 is 11.3 Å². The Balaban J connectivity index is 2.11. The molecule has 0 atom stereocenters. The molecule has 0 radical (unpaired) electrons. The van der Waals surface area contributed by atoms with E-state index in [1.807, 2.05) is 31.3 Å². The summed E-state index contributed by atoms with van der Waals surface area (Å²) in [5.41, 5.74) is 7.31. The van der Waals surface area contributed by atoms with Crippen molar-refractivity contribution in [3.05, 3.63) is 40.6 Å². The summed E-state index contributed by atoms with van der Waals surface area (Å²) in [6.07, 6.45) is 0. The van der Waals surface area contributed by atoms with Gasteiger partial charge in [0.05, 0.1) is 17.9 Å². The number of thiophene rings is 1. The molecule has 3 rings (SSSR count). The Hall–Kier alpha value is -1.57. The molecule has 0 bridgehead atoms. The first kappa shape index (κ1) is 14.4. The first-order valence-corrected chi connectivity index (χ1v) is 8.97. The number of rotatable bonds is 3. The summed E-state index contributed by atoms with van der Waals surface area (Å²) in [4.78, 5) is 3.10. The van der Waals surface area contributed by atoms with Gasteiger partial charge in [0.1, 0.15) is 4.90 Å². The zero-order valence-electron chi connectivity index (χ0n) is 11.7. The van der Waals surface area contributed by atoms with Crippen LogP contribution in [0.25, 0.3) is 0 Å². The van der Waals surface area contributed by atoms with E-state index >= 15 is 0 Å². The third-order valence-corrected chi connectivity index (χ3v) is 6.63. The van der Waals surface area contributed by atoms with Crippen molar-refractivity contribution in [2.45, 2.75) is 11.4 Å².